The van der Waals surface area contributed by atoms with E-state index in [1.807, 2.05) is 48.7 Å². The minimum atomic E-state index is -0.362. The average molecular weight is 404 g/mol. The van der Waals surface area contributed by atoms with Crippen LogP contribution in [0, 0.1) is 5.92 Å². The van der Waals surface area contributed by atoms with E-state index in [4.69, 9.17) is 5.73 Å². The van der Waals surface area contributed by atoms with Crippen LogP contribution in [-0.2, 0) is 22.6 Å². The maximum Gasteiger partial charge on any atom is 0.237 e. The monoisotopic (exact) mass is 403 g/mol. The van der Waals surface area contributed by atoms with E-state index in [0.29, 0.717) is 17.5 Å². The number of anilines is 1. The molecule has 1 aromatic heterocycles. The Hall–Kier alpha value is -2.35. The van der Waals surface area contributed by atoms with Gasteiger partial charge in [0.25, 0.3) is 0 Å². The molecule has 8 heteroatoms. The van der Waals surface area contributed by atoms with Crippen molar-refractivity contribution in [2.75, 3.05) is 10.7 Å². The van der Waals surface area contributed by atoms with Gasteiger partial charge in [-0.3, -0.25) is 9.59 Å². The van der Waals surface area contributed by atoms with Gasteiger partial charge >= 0.3 is 0 Å². The Morgan fingerprint density at radius 2 is 1.82 bits per heavy atom. The molecule has 152 valence electrons. The summed E-state index contributed by atoms with van der Waals surface area (Å²) in [7, 11) is 0. The van der Waals surface area contributed by atoms with Crippen molar-refractivity contribution >= 4 is 29.3 Å². The highest BCUT2D eigenvalue weighted by Gasteiger charge is 2.21. The molecule has 0 aliphatic carbocycles. The molecule has 0 unspecified atom stereocenters. The highest BCUT2D eigenvalue weighted by Crippen LogP contribution is 2.23. The van der Waals surface area contributed by atoms with E-state index < -0.39 is 0 Å². The molecule has 0 saturated heterocycles. The molecule has 0 spiro atoms. The van der Waals surface area contributed by atoms with Crippen molar-refractivity contribution in [1.29, 1.82) is 0 Å². The molecule has 2 aromatic rings. The third-order valence-corrected chi connectivity index (χ3v) is 5.03. The first kappa shape index (κ1) is 21.9. The van der Waals surface area contributed by atoms with E-state index in [1.165, 1.54) is 11.8 Å². The van der Waals surface area contributed by atoms with E-state index in [-0.39, 0.29) is 30.0 Å². The number of carbonyl (C=O) groups excluding carboxylic acids is 2. The molecule has 0 aliphatic rings. The molecule has 0 atom stereocenters. The standard InChI is InChI=1S/C20H29N5O2S/c1-14(2)12-24-18(11-10-17(21)26)22-23-20(24)28-13-19(27)25(15(3)4)16-8-6-5-7-9-16/h5-9,14-15H,10-13H2,1-4H3,(H2,21,26). The molecule has 0 bridgehead atoms. The van der Waals surface area contributed by atoms with Gasteiger partial charge in [0, 0.05) is 31.1 Å². The lowest BCUT2D eigenvalue weighted by Gasteiger charge is -2.26. The number of aromatic nitrogens is 3. The molecule has 28 heavy (non-hydrogen) atoms. The van der Waals surface area contributed by atoms with Crippen LogP contribution in [0.3, 0.4) is 0 Å². The predicted molar refractivity (Wildman–Crippen MR) is 112 cm³/mol. The predicted octanol–water partition coefficient (Wildman–Crippen LogP) is 2.89. The first-order valence-corrected chi connectivity index (χ1v) is 10.5. The van der Waals surface area contributed by atoms with Gasteiger partial charge in [0.05, 0.1) is 5.75 Å². The molecular weight excluding hydrogens is 374 g/mol. The number of hydrogen-bond donors (Lipinski definition) is 1. The fraction of sp³-hybridized carbons (Fsp3) is 0.500. The number of primary amides is 1. The molecule has 2 rings (SSSR count). The van der Waals surface area contributed by atoms with E-state index in [2.05, 4.69) is 24.0 Å². The largest absolute Gasteiger partial charge is 0.370 e. The SMILES string of the molecule is CC(C)Cn1c(CCC(N)=O)nnc1SCC(=O)N(c1ccccc1)C(C)C. The van der Waals surface area contributed by atoms with Gasteiger partial charge in [-0.1, -0.05) is 43.8 Å². The van der Waals surface area contributed by atoms with Crippen LogP contribution in [0.4, 0.5) is 5.69 Å². The summed E-state index contributed by atoms with van der Waals surface area (Å²) >= 11 is 1.37. The van der Waals surface area contributed by atoms with Crippen molar-refractivity contribution < 1.29 is 9.59 Å². The van der Waals surface area contributed by atoms with E-state index in [0.717, 1.165) is 18.1 Å². The molecule has 0 radical (unpaired) electrons. The molecule has 0 fully saturated rings. The number of rotatable bonds is 10. The first-order chi connectivity index (χ1) is 13.3. The number of carbonyl (C=O) groups is 2. The minimum absolute atomic E-state index is 0.0176. The van der Waals surface area contributed by atoms with Crippen LogP contribution in [0.15, 0.2) is 35.5 Å². The lowest BCUT2D eigenvalue weighted by molar-refractivity contribution is -0.118. The van der Waals surface area contributed by atoms with Crippen LogP contribution in [-0.4, -0.2) is 38.4 Å². The topological polar surface area (TPSA) is 94.1 Å². The van der Waals surface area contributed by atoms with Gasteiger partial charge < -0.3 is 15.2 Å². The van der Waals surface area contributed by atoms with Gasteiger partial charge in [0.1, 0.15) is 5.82 Å². The minimum Gasteiger partial charge on any atom is -0.370 e. The lowest BCUT2D eigenvalue weighted by atomic mass is 10.2. The van der Waals surface area contributed by atoms with Crippen LogP contribution >= 0.6 is 11.8 Å². The van der Waals surface area contributed by atoms with E-state index in [1.54, 1.807) is 4.90 Å². The molecule has 2 N–H and O–H groups in total. The summed E-state index contributed by atoms with van der Waals surface area (Å²) in [5.74, 6) is 1.03. The Balaban J connectivity index is 2.13. The molecule has 2 amide bonds. The summed E-state index contributed by atoms with van der Waals surface area (Å²) in [4.78, 5) is 25.8. The number of thioether (sulfide) groups is 1. The number of nitrogens with two attached hydrogens (primary N) is 1. The maximum absolute atomic E-state index is 12.9. The van der Waals surface area contributed by atoms with Gasteiger partial charge in [-0.25, -0.2) is 0 Å². The van der Waals surface area contributed by atoms with Crippen LogP contribution in [0.1, 0.15) is 39.9 Å². The second-order valence-corrected chi connectivity index (χ2v) is 8.29. The molecule has 1 heterocycles. The third kappa shape index (κ3) is 6.09. The highest BCUT2D eigenvalue weighted by molar-refractivity contribution is 7.99. The number of benzene rings is 1. The van der Waals surface area contributed by atoms with E-state index in [9.17, 15) is 9.59 Å². The second-order valence-electron chi connectivity index (χ2n) is 7.35. The number of aryl methyl sites for hydroxylation is 1. The molecule has 0 saturated carbocycles. The zero-order valence-corrected chi connectivity index (χ0v) is 17.8. The van der Waals surface area contributed by atoms with Crippen LogP contribution < -0.4 is 10.6 Å². The zero-order chi connectivity index (χ0) is 20.7. The van der Waals surface area contributed by atoms with Crippen LogP contribution in [0.5, 0.6) is 0 Å². The fourth-order valence-electron chi connectivity index (χ4n) is 2.91. The van der Waals surface area contributed by atoms with Gasteiger partial charge in [-0.2, -0.15) is 0 Å². The van der Waals surface area contributed by atoms with E-state index >= 15 is 0 Å². The zero-order valence-electron chi connectivity index (χ0n) is 17.0. The van der Waals surface area contributed by atoms with Gasteiger partial charge in [-0.15, -0.1) is 10.2 Å². The summed E-state index contributed by atoms with van der Waals surface area (Å²) in [6, 6.07) is 9.71. The van der Waals surface area contributed by atoms with Crippen molar-refractivity contribution in [1.82, 2.24) is 14.8 Å². The van der Waals surface area contributed by atoms with Crippen LogP contribution in [0.25, 0.3) is 0 Å². The first-order valence-electron chi connectivity index (χ1n) is 9.49. The third-order valence-electron chi connectivity index (χ3n) is 4.08. The summed E-state index contributed by atoms with van der Waals surface area (Å²) in [6.07, 6.45) is 0.681. The summed E-state index contributed by atoms with van der Waals surface area (Å²) in [6.45, 7) is 8.93. The molecule has 7 nitrogen and oxygen atoms in total. The Morgan fingerprint density at radius 3 is 2.39 bits per heavy atom. The Labute approximate surface area is 170 Å². The second kappa shape index (κ2) is 10.3. The summed E-state index contributed by atoms with van der Waals surface area (Å²) in [5.41, 5.74) is 6.15. The lowest BCUT2D eigenvalue weighted by Crippen LogP contribution is -2.38. The quantitative estimate of drug-likeness (QED) is 0.616. The summed E-state index contributed by atoms with van der Waals surface area (Å²) < 4.78 is 1.99. The highest BCUT2D eigenvalue weighted by atomic mass is 32.2. The van der Waals surface area contributed by atoms with Gasteiger partial charge in [-0.05, 0) is 31.9 Å². The maximum atomic E-state index is 12.9. The Kier molecular flexibility index (Phi) is 8.04. The van der Waals surface area contributed by atoms with Crippen molar-refractivity contribution in [3.05, 3.63) is 36.2 Å². The normalized spacial score (nSPS) is 11.2. The molecule has 0 aliphatic heterocycles. The Bertz CT molecular complexity index is 789. The Morgan fingerprint density at radius 1 is 1.14 bits per heavy atom. The summed E-state index contributed by atoms with van der Waals surface area (Å²) in [5, 5.41) is 9.16. The number of para-hydroxylation sites is 1. The average Bonchev–Trinajstić information content (AvgIpc) is 3.00. The van der Waals surface area contributed by atoms with Crippen molar-refractivity contribution in [3.63, 3.8) is 0 Å². The van der Waals surface area contributed by atoms with Gasteiger partial charge in [0.15, 0.2) is 5.16 Å². The smallest absolute Gasteiger partial charge is 0.237 e. The van der Waals surface area contributed by atoms with Crippen LogP contribution in [0.2, 0.25) is 0 Å². The number of amides is 2. The van der Waals surface area contributed by atoms with Gasteiger partial charge in [0.2, 0.25) is 11.8 Å². The molecule has 1 aromatic carbocycles. The van der Waals surface area contributed by atoms with Crippen molar-refractivity contribution in [2.24, 2.45) is 11.7 Å². The van der Waals surface area contributed by atoms with Crippen molar-refractivity contribution in [3.8, 4) is 0 Å². The number of hydrogen-bond acceptors (Lipinski definition) is 5. The van der Waals surface area contributed by atoms with Crippen molar-refractivity contribution in [2.45, 2.75) is 58.3 Å². The molecular formula is C20H29N5O2S. The number of nitrogens with zero attached hydrogens (tertiary/aromatic N) is 4. The fourth-order valence-corrected chi connectivity index (χ4v) is 3.73.